The van der Waals surface area contributed by atoms with Gasteiger partial charge in [-0.15, -0.1) is 0 Å². The number of nitrogens with zero attached hydrogens (tertiary/aromatic N) is 4. The van der Waals surface area contributed by atoms with Crippen LogP contribution in [0, 0.1) is 6.92 Å². The third-order valence-corrected chi connectivity index (χ3v) is 2.83. The van der Waals surface area contributed by atoms with E-state index in [-0.39, 0.29) is 23.8 Å². The number of carbonyl (C=O) groups excluding carboxylic acids is 1. The molecule has 21 heavy (non-hydrogen) atoms. The van der Waals surface area contributed by atoms with E-state index in [0.717, 1.165) is 0 Å². The SMILES string of the molecule is Cc1nc(NC(=O)Cn2ncc(=O)c3ccccc32)no1. The van der Waals surface area contributed by atoms with Crippen molar-refractivity contribution >= 4 is 22.8 Å². The second kappa shape index (κ2) is 5.16. The van der Waals surface area contributed by atoms with Crippen LogP contribution in [0.3, 0.4) is 0 Å². The molecule has 3 rings (SSSR count). The average Bonchev–Trinajstić information content (AvgIpc) is 2.87. The van der Waals surface area contributed by atoms with E-state index in [0.29, 0.717) is 16.8 Å². The summed E-state index contributed by atoms with van der Waals surface area (Å²) >= 11 is 0. The van der Waals surface area contributed by atoms with Crippen LogP contribution in [0.1, 0.15) is 5.89 Å². The van der Waals surface area contributed by atoms with E-state index >= 15 is 0 Å². The van der Waals surface area contributed by atoms with Crippen LogP contribution < -0.4 is 10.7 Å². The van der Waals surface area contributed by atoms with Gasteiger partial charge in [0.2, 0.25) is 17.2 Å². The maximum absolute atomic E-state index is 11.9. The van der Waals surface area contributed by atoms with Crippen LogP contribution in [0.2, 0.25) is 0 Å². The topological polar surface area (TPSA) is 103 Å². The summed E-state index contributed by atoms with van der Waals surface area (Å²) in [5.41, 5.74) is 0.403. The molecule has 8 nitrogen and oxygen atoms in total. The van der Waals surface area contributed by atoms with Gasteiger partial charge in [-0.2, -0.15) is 10.1 Å². The second-order valence-corrected chi connectivity index (χ2v) is 4.37. The molecule has 0 aliphatic carbocycles. The summed E-state index contributed by atoms with van der Waals surface area (Å²) in [5, 5.41) is 10.6. The maximum Gasteiger partial charge on any atom is 0.270 e. The smallest absolute Gasteiger partial charge is 0.270 e. The van der Waals surface area contributed by atoms with Crippen LogP contribution in [-0.2, 0) is 11.3 Å². The molecule has 0 aliphatic heterocycles. The molecule has 8 heteroatoms. The van der Waals surface area contributed by atoms with Gasteiger partial charge in [0, 0.05) is 12.3 Å². The van der Waals surface area contributed by atoms with Crippen LogP contribution in [0.5, 0.6) is 0 Å². The van der Waals surface area contributed by atoms with E-state index in [1.807, 2.05) is 0 Å². The number of hydrogen-bond donors (Lipinski definition) is 1. The Bertz CT molecular complexity index is 867. The average molecular weight is 285 g/mol. The summed E-state index contributed by atoms with van der Waals surface area (Å²) in [7, 11) is 0. The molecular weight excluding hydrogens is 274 g/mol. The molecule has 0 radical (unpaired) electrons. The van der Waals surface area contributed by atoms with E-state index in [4.69, 9.17) is 4.52 Å². The first-order valence-corrected chi connectivity index (χ1v) is 6.18. The molecule has 0 unspecified atom stereocenters. The van der Waals surface area contributed by atoms with Crippen molar-refractivity contribution in [1.82, 2.24) is 19.9 Å². The van der Waals surface area contributed by atoms with Gasteiger partial charge in [-0.25, -0.2) is 0 Å². The number of rotatable bonds is 3. The Morgan fingerprint density at radius 2 is 2.19 bits per heavy atom. The van der Waals surface area contributed by atoms with Crippen LogP contribution in [0.4, 0.5) is 5.95 Å². The monoisotopic (exact) mass is 285 g/mol. The molecule has 1 amide bonds. The summed E-state index contributed by atoms with van der Waals surface area (Å²) in [6.07, 6.45) is 1.19. The minimum atomic E-state index is -0.364. The molecule has 3 aromatic rings. The number of amides is 1. The number of fused-ring (bicyclic) bond motifs is 1. The highest BCUT2D eigenvalue weighted by Gasteiger charge is 2.10. The number of carbonyl (C=O) groups is 1. The Hall–Kier alpha value is -3.03. The summed E-state index contributed by atoms with van der Waals surface area (Å²) in [6.45, 7) is 1.56. The molecule has 0 atom stereocenters. The number of benzene rings is 1. The lowest BCUT2D eigenvalue weighted by Gasteiger charge is -2.08. The molecule has 1 aromatic carbocycles. The van der Waals surface area contributed by atoms with Crippen molar-refractivity contribution in [1.29, 1.82) is 0 Å². The van der Waals surface area contributed by atoms with Gasteiger partial charge in [0.25, 0.3) is 5.95 Å². The van der Waals surface area contributed by atoms with Gasteiger partial charge in [0.1, 0.15) is 6.54 Å². The van der Waals surface area contributed by atoms with Gasteiger partial charge in [-0.05, 0) is 17.3 Å². The molecule has 2 heterocycles. The number of para-hydroxylation sites is 1. The van der Waals surface area contributed by atoms with Gasteiger partial charge in [-0.1, -0.05) is 12.1 Å². The zero-order chi connectivity index (χ0) is 14.8. The van der Waals surface area contributed by atoms with Crippen LogP contribution in [0.25, 0.3) is 10.9 Å². The van der Waals surface area contributed by atoms with Crippen LogP contribution in [0.15, 0.2) is 39.8 Å². The molecule has 0 fully saturated rings. The van der Waals surface area contributed by atoms with Gasteiger partial charge in [0.15, 0.2) is 0 Å². The maximum atomic E-state index is 11.9. The van der Waals surface area contributed by atoms with E-state index < -0.39 is 0 Å². The number of aryl methyl sites for hydroxylation is 1. The Labute approximate surface area is 118 Å². The van der Waals surface area contributed by atoms with E-state index in [2.05, 4.69) is 20.6 Å². The lowest BCUT2D eigenvalue weighted by atomic mass is 10.2. The van der Waals surface area contributed by atoms with E-state index in [1.165, 1.54) is 10.9 Å². The molecule has 0 saturated carbocycles. The van der Waals surface area contributed by atoms with Crippen molar-refractivity contribution in [3.05, 3.63) is 46.6 Å². The fourth-order valence-electron chi connectivity index (χ4n) is 1.94. The lowest BCUT2D eigenvalue weighted by molar-refractivity contribution is -0.116. The van der Waals surface area contributed by atoms with Crippen molar-refractivity contribution in [2.75, 3.05) is 5.32 Å². The largest absolute Gasteiger partial charge is 0.338 e. The van der Waals surface area contributed by atoms with Crippen LogP contribution >= 0.6 is 0 Å². The Morgan fingerprint density at radius 1 is 1.38 bits per heavy atom. The van der Waals surface area contributed by atoms with Crippen molar-refractivity contribution in [2.24, 2.45) is 0 Å². The van der Waals surface area contributed by atoms with Crippen molar-refractivity contribution in [2.45, 2.75) is 13.5 Å². The first-order valence-electron chi connectivity index (χ1n) is 6.18. The Balaban J connectivity index is 1.86. The third-order valence-electron chi connectivity index (χ3n) is 2.83. The highest BCUT2D eigenvalue weighted by Crippen LogP contribution is 2.08. The van der Waals surface area contributed by atoms with Gasteiger partial charge < -0.3 is 4.52 Å². The van der Waals surface area contributed by atoms with Crippen molar-refractivity contribution in [3.63, 3.8) is 0 Å². The number of nitrogens with one attached hydrogen (secondary N) is 1. The fraction of sp³-hybridized carbons (Fsp3) is 0.154. The zero-order valence-electron chi connectivity index (χ0n) is 11.1. The first kappa shape index (κ1) is 13.0. The van der Waals surface area contributed by atoms with Gasteiger partial charge >= 0.3 is 0 Å². The van der Waals surface area contributed by atoms with E-state index in [1.54, 1.807) is 31.2 Å². The quantitative estimate of drug-likeness (QED) is 0.760. The van der Waals surface area contributed by atoms with Crippen molar-refractivity contribution in [3.8, 4) is 0 Å². The second-order valence-electron chi connectivity index (χ2n) is 4.37. The standard InChI is InChI=1S/C13H11N5O3/c1-8-15-13(17-21-8)16-12(20)7-18-10-5-3-2-4-9(10)11(19)6-14-18/h2-6H,7H2,1H3,(H,16,17,20). The summed E-state index contributed by atoms with van der Waals surface area (Å²) in [4.78, 5) is 27.5. The fourth-order valence-corrected chi connectivity index (χ4v) is 1.94. The predicted molar refractivity (Wildman–Crippen MR) is 73.7 cm³/mol. The molecule has 0 saturated heterocycles. The number of hydrogen-bond acceptors (Lipinski definition) is 6. The minimum absolute atomic E-state index is 0.0611. The molecule has 0 bridgehead atoms. The van der Waals surface area contributed by atoms with Crippen LogP contribution in [-0.4, -0.2) is 25.8 Å². The molecule has 0 spiro atoms. The van der Waals surface area contributed by atoms with Gasteiger partial charge in [0.05, 0.1) is 11.7 Å². The normalized spacial score (nSPS) is 10.7. The third kappa shape index (κ3) is 2.64. The Morgan fingerprint density at radius 3 is 2.95 bits per heavy atom. The molecule has 0 aliphatic rings. The summed E-state index contributed by atoms with van der Waals surface area (Å²) in [5.74, 6) is 0.0946. The van der Waals surface area contributed by atoms with Crippen molar-refractivity contribution < 1.29 is 9.32 Å². The number of aromatic nitrogens is 4. The zero-order valence-corrected chi connectivity index (χ0v) is 11.1. The lowest BCUT2D eigenvalue weighted by Crippen LogP contribution is -2.22. The molecule has 2 aromatic heterocycles. The van der Waals surface area contributed by atoms with E-state index in [9.17, 15) is 9.59 Å². The Kier molecular flexibility index (Phi) is 3.19. The summed E-state index contributed by atoms with van der Waals surface area (Å²) in [6, 6.07) is 6.96. The molecular formula is C13H11N5O3. The number of anilines is 1. The predicted octanol–water partition coefficient (Wildman–Crippen LogP) is 0.727. The molecule has 106 valence electrons. The van der Waals surface area contributed by atoms with Gasteiger partial charge in [-0.3, -0.25) is 19.6 Å². The summed E-state index contributed by atoms with van der Waals surface area (Å²) < 4.78 is 6.21. The molecule has 1 N–H and O–H groups in total. The highest BCUT2D eigenvalue weighted by atomic mass is 16.5. The highest BCUT2D eigenvalue weighted by molar-refractivity contribution is 5.89. The minimum Gasteiger partial charge on any atom is -0.338 e. The first-order chi connectivity index (χ1) is 10.1.